The smallest absolute Gasteiger partial charge is 0.155 e. The lowest BCUT2D eigenvalue weighted by Gasteiger charge is -2.36. The van der Waals surface area contributed by atoms with Crippen molar-refractivity contribution >= 4 is 5.65 Å². The third kappa shape index (κ3) is 2.16. The molecule has 1 fully saturated rings. The number of rotatable bonds is 3. The van der Waals surface area contributed by atoms with Crippen molar-refractivity contribution in [1.82, 2.24) is 29.3 Å². The summed E-state index contributed by atoms with van der Waals surface area (Å²) in [5.74, 6) is 0. The second-order valence-corrected chi connectivity index (χ2v) is 7.41. The van der Waals surface area contributed by atoms with Gasteiger partial charge in [0.1, 0.15) is 0 Å². The van der Waals surface area contributed by atoms with Crippen LogP contribution in [0.15, 0.2) is 18.5 Å². The average Bonchev–Trinajstić information content (AvgIpc) is 3.23. The Bertz CT molecular complexity index is 952. The van der Waals surface area contributed by atoms with Crippen molar-refractivity contribution in [3.63, 3.8) is 0 Å². The molecular weight excluding hydrogens is 312 g/mol. The Labute approximate surface area is 147 Å². The number of aromatic nitrogens is 5. The second kappa shape index (κ2) is 5.39. The first-order chi connectivity index (χ1) is 12.2. The summed E-state index contributed by atoms with van der Waals surface area (Å²) in [6.07, 6.45) is 7.67. The van der Waals surface area contributed by atoms with E-state index < -0.39 is 0 Å². The summed E-state index contributed by atoms with van der Waals surface area (Å²) < 4.78 is 4.17. The molecule has 130 valence electrons. The zero-order chi connectivity index (χ0) is 17.1. The van der Waals surface area contributed by atoms with E-state index in [4.69, 9.17) is 0 Å². The molecule has 0 N–H and O–H groups in total. The highest BCUT2D eigenvalue weighted by Gasteiger charge is 2.41. The van der Waals surface area contributed by atoms with E-state index in [0.29, 0.717) is 12.1 Å². The molecule has 2 aliphatic rings. The first-order valence-corrected chi connectivity index (χ1v) is 9.27. The summed E-state index contributed by atoms with van der Waals surface area (Å²) in [5.41, 5.74) is 7.39. The first kappa shape index (κ1) is 15.1. The predicted octanol–water partition coefficient (Wildman–Crippen LogP) is 2.82. The zero-order valence-electron chi connectivity index (χ0n) is 15.1. The van der Waals surface area contributed by atoms with Gasteiger partial charge in [-0.3, -0.25) is 9.58 Å². The zero-order valence-corrected chi connectivity index (χ0v) is 15.1. The molecule has 0 aliphatic carbocycles. The third-order valence-corrected chi connectivity index (χ3v) is 6.03. The Morgan fingerprint density at radius 1 is 1.20 bits per heavy atom. The molecule has 25 heavy (non-hydrogen) atoms. The molecule has 0 spiro atoms. The summed E-state index contributed by atoms with van der Waals surface area (Å²) in [5, 5.41) is 9.20. The predicted molar refractivity (Wildman–Crippen MR) is 95.4 cm³/mol. The van der Waals surface area contributed by atoms with Crippen LogP contribution in [0.4, 0.5) is 0 Å². The maximum absolute atomic E-state index is 4.68. The molecule has 6 nitrogen and oxygen atoms in total. The van der Waals surface area contributed by atoms with E-state index in [0.717, 1.165) is 30.9 Å². The lowest BCUT2D eigenvalue weighted by Crippen LogP contribution is -2.38. The minimum atomic E-state index is 0.458. The van der Waals surface area contributed by atoms with Crippen LogP contribution < -0.4 is 0 Å². The van der Waals surface area contributed by atoms with Crippen molar-refractivity contribution in [2.24, 2.45) is 0 Å². The molecule has 0 unspecified atom stereocenters. The molecule has 3 aromatic heterocycles. The molecule has 5 rings (SSSR count). The normalized spacial score (nSPS) is 22.7. The minimum absolute atomic E-state index is 0.458. The standard InChI is InChI=1S/C19H24N6/c1-4-24-13(3)14(9-21-24)11-23-15-5-6-17(23)16-10-20-19-7-12(2)22-25(19)18(16)8-15/h7,9-10,15,17H,4-6,8,11H2,1-3H3/t15-,17-/m0/s1. The summed E-state index contributed by atoms with van der Waals surface area (Å²) in [4.78, 5) is 7.33. The van der Waals surface area contributed by atoms with Gasteiger partial charge >= 0.3 is 0 Å². The topological polar surface area (TPSA) is 51.2 Å². The van der Waals surface area contributed by atoms with E-state index >= 15 is 0 Å². The molecule has 0 amide bonds. The van der Waals surface area contributed by atoms with Crippen LogP contribution in [0, 0.1) is 13.8 Å². The molecule has 6 heteroatoms. The quantitative estimate of drug-likeness (QED) is 0.738. The van der Waals surface area contributed by atoms with Gasteiger partial charge in [-0.15, -0.1) is 0 Å². The van der Waals surface area contributed by atoms with E-state index in [1.165, 1.54) is 35.4 Å². The highest BCUT2D eigenvalue weighted by atomic mass is 15.3. The molecule has 1 saturated heterocycles. The molecule has 5 heterocycles. The average molecular weight is 336 g/mol. The van der Waals surface area contributed by atoms with Crippen molar-refractivity contribution in [2.45, 2.75) is 65.2 Å². The lowest BCUT2D eigenvalue weighted by molar-refractivity contribution is 0.164. The molecule has 0 radical (unpaired) electrons. The van der Waals surface area contributed by atoms with Crippen molar-refractivity contribution in [3.05, 3.63) is 46.7 Å². The Hall–Kier alpha value is -2.21. The number of hydrogen-bond acceptors (Lipinski definition) is 4. The Kier molecular flexibility index (Phi) is 3.25. The monoisotopic (exact) mass is 336 g/mol. The molecule has 2 aliphatic heterocycles. The Morgan fingerprint density at radius 3 is 2.88 bits per heavy atom. The maximum atomic E-state index is 4.68. The van der Waals surface area contributed by atoms with Crippen molar-refractivity contribution < 1.29 is 0 Å². The molecule has 0 aromatic carbocycles. The van der Waals surface area contributed by atoms with E-state index in [1.807, 2.05) is 13.1 Å². The SMILES string of the molecule is CCn1ncc(CN2[C@H]3CC[C@H]2c2cnc4cc(C)nn4c2C3)c1C. The van der Waals surface area contributed by atoms with Crippen LogP contribution in [0.3, 0.4) is 0 Å². The largest absolute Gasteiger partial charge is 0.288 e. The van der Waals surface area contributed by atoms with Crippen LogP contribution in [0.1, 0.15) is 54.0 Å². The molecule has 3 aromatic rings. The molecular formula is C19H24N6. The van der Waals surface area contributed by atoms with E-state index in [-0.39, 0.29) is 0 Å². The number of nitrogens with zero attached hydrogens (tertiary/aromatic N) is 6. The van der Waals surface area contributed by atoms with Gasteiger partial charge in [0.25, 0.3) is 0 Å². The van der Waals surface area contributed by atoms with Gasteiger partial charge in [0.15, 0.2) is 5.65 Å². The maximum Gasteiger partial charge on any atom is 0.155 e. The minimum Gasteiger partial charge on any atom is -0.288 e. The van der Waals surface area contributed by atoms with Crippen LogP contribution in [-0.2, 0) is 19.5 Å². The number of fused-ring (bicyclic) bond motifs is 6. The summed E-state index contributed by atoms with van der Waals surface area (Å²) in [7, 11) is 0. The fourth-order valence-corrected chi connectivity index (χ4v) is 4.70. The van der Waals surface area contributed by atoms with Gasteiger partial charge in [-0.1, -0.05) is 0 Å². The van der Waals surface area contributed by atoms with Gasteiger partial charge in [-0.2, -0.15) is 10.2 Å². The van der Waals surface area contributed by atoms with Crippen LogP contribution in [-0.4, -0.2) is 35.3 Å². The van der Waals surface area contributed by atoms with Gasteiger partial charge in [-0.25, -0.2) is 9.50 Å². The van der Waals surface area contributed by atoms with Gasteiger partial charge < -0.3 is 0 Å². The molecule has 0 saturated carbocycles. The summed E-state index contributed by atoms with van der Waals surface area (Å²) in [6, 6.07) is 3.12. The molecule has 2 atom stereocenters. The second-order valence-electron chi connectivity index (χ2n) is 7.41. The van der Waals surface area contributed by atoms with Gasteiger partial charge in [0.05, 0.1) is 17.6 Å². The Morgan fingerprint density at radius 2 is 2.08 bits per heavy atom. The summed E-state index contributed by atoms with van der Waals surface area (Å²) in [6.45, 7) is 8.29. The van der Waals surface area contributed by atoms with Gasteiger partial charge in [-0.05, 0) is 33.6 Å². The van der Waals surface area contributed by atoms with Crippen LogP contribution >= 0.6 is 0 Å². The molecule has 2 bridgehead atoms. The first-order valence-electron chi connectivity index (χ1n) is 9.27. The van der Waals surface area contributed by atoms with Crippen molar-refractivity contribution in [1.29, 1.82) is 0 Å². The fraction of sp³-hybridized carbons (Fsp3) is 0.526. The van der Waals surface area contributed by atoms with Crippen LogP contribution in [0.5, 0.6) is 0 Å². The van der Waals surface area contributed by atoms with E-state index in [1.54, 1.807) is 0 Å². The Balaban J connectivity index is 1.53. The highest BCUT2D eigenvalue weighted by molar-refractivity contribution is 5.44. The number of aryl methyl sites for hydroxylation is 2. The number of hydrogen-bond donors (Lipinski definition) is 0. The highest BCUT2D eigenvalue weighted by Crippen LogP contribution is 2.44. The van der Waals surface area contributed by atoms with Gasteiger partial charge in [0, 0.05) is 60.7 Å². The van der Waals surface area contributed by atoms with E-state index in [9.17, 15) is 0 Å². The van der Waals surface area contributed by atoms with Crippen molar-refractivity contribution in [2.75, 3.05) is 0 Å². The van der Waals surface area contributed by atoms with Crippen molar-refractivity contribution in [3.8, 4) is 0 Å². The fourth-order valence-electron chi connectivity index (χ4n) is 4.70. The van der Waals surface area contributed by atoms with Crippen LogP contribution in [0.2, 0.25) is 0 Å². The third-order valence-electron chi connectivity index (χ3n) is 6.03. The van der Waals surface area contributed by atoms with Gasteiger partial charge in [0.2, 0.25) is 0 Å². The summed E-state index contributed by atoms with van der Waals surface area (Å²) >= 11 is 0. The van der Waals surface area contributed by atoms with Crippen LogP contribution in [0.25, 0.3) is 5.65 Å². The lowest BCUT2D eigenvalue weighted by atomic mass is 9.98. The van der Waals surface area contributed by atoms with E-state index in [2.05, 4.69) is 55.4 Å².